The molecule has 2 aromatic carbocycles. The molecule has 174 valence electrons. The Morgan fingerprint density at radius 2 is 1.91 bits per heavy atom. The summed E-state index contributed by atoms with van der Waals surface area (Å²) in [6.45, 7) is 8.20. The molecular weight excluding hydrogens is 446 g/mol. The van der Waals surface area contributed by atoms with Crippen LogP contribution in [0.2, 0.25) is 5.02 Å². The van der Waals surface area contributed by atoms with Gasteiger partial charge < -0.3 is 15.0 Å². The number of nitrogens with one attached hydrogen (secondary N) is 1. The number of piperazine rings is 1. The van der Waals surface area contributed by atoms with Crippen LogP contribution in [0.1, 0.15) is 59.4 Å². The molecule has 3 aromatic rings. The zero-order chi connectivity index (χ0) is 23.6. The molecule has 1 aromatic heterocycles. The van der Waals surface area contributed by atoms with Crippen LogP contribution >= 0.6 is 11.6 Å². The number of aromatic amines is 1. The van der Waals surface area contributed by atoms with Crippen LogP contribution in [-0.4, -0.2) is 59.6 Å². The van der Waals surface area contributed by atoms with Gasteiger partial charge in [-0.05, 0) is 42.7 Å². The first kappa shape index (κ1) is 21.7. The number of anilines is 1. The fourth-order valence-corrected chi connectivity index (χ4v) is 5.95. The van der Waals surface area contributed by atoms with Gasteiger partial charge in [-0.15, -0.1) is 0 Å². The highest BCUT2D eigenvalue weighted by Gasteiger charge is 2.41. The molecule has 1 saturated heterocycles. The van der Waals surface area contributed by atoms with Crippen molar-refractivity contribution >= 4 is 34.0 Å². The van der Waals surface area contributed by atoms with Crippen LogP contribution in [0.3, 0.4) is 0 Å². The molecule has 5 nitrogen and oxygen atoms in total. The second-order valence-electron chi connectivity index (χ2n) is 10.2. The molecule has 0 amide bonds. The Labute approximate surface area is 204 Å². The first-order valence-electron chi connectivity index (χ1n) is 12.0. The molecule has 1 aliphatic heterocycles. The van der Waals surface area contributed by atoms with E-state index in [1.54, 1.807) is 0 Å². The minimum Gasteiger partial charge on any atom is -0.384 e. The molecular formula is C28H28ClN3O2. The number of ketones is 1. The molecule has 0 unspecified atom stereocenters. The van der Waals surface area contributed by atoms with Crippen LogP contribution in [0.15, 0.2) is 30.3 Å². The molecule has 2 heterocycles. The highest BCUT2D eigenvalue weighted by atomic mass is 35.5. The summed E-state index contributed by atoms with van der Waals surface area (Å²) >= 11 is 6.80. The predicted molar refractivity (Wildman–Crippen MR) is 136 cm³/mol. The highest BCUT2D eigenvalue weighted by Crippen LogP contribution is 2.46. The van der Waals surface area contributed by atoms with E-state index in [9.17, 15) is 4.79 Å². The lowest BCUT2D eigenvalue weighted by Crippen LogP contribution is -2.47. The molecule has 6 heteroatoms. The number of fused-ring (bicyclic) bond motifs is 4. The number of nitrogens with zero attached hydrogens (tertiary/aromatic N) is 2. The highest BCUT2D eigenvalue weighted by molar-refractivity contribution is 6.34. The normalized spacial score (nSPS) is 19.5. The standard InChI is InChI=1S/C28H28ClN3O2/c1-28(2)21-16-24(32-11-9-31(10-12-32)18-6-7-18)22(29)15-20(21)26(34)25-19-8-5-17(4-3-13-33)14-23(19)30-27(25)28/h5,8,14-16,18,30,33H,6-7,9-13H2,1-2H3. The van der Waals surface area contributed by atoms with Gasteiger partial charge in [0.1, 0.15) is 6.61 Å². The zero-order valence-corrected chi connectivity index (χ0v) is 20.3. The van der Waals surface area contributed by atoms with Gasteiger partial charge in [0.15, 0.2) is 5.78 Å². The monoisotopic (exact) mass is 473 g/mol. The van der Waals surface area contributed by atoms with E-state index >= 15 is 0 Å². The molecule has 6 rings (SSSR count). The van der Waals surface area contributed by atoms with Crippen LogP contribution < -0.4 is 4.90 Å². The average molecular weight is 474 g/mol. The van der Waals surface area contributed by atoms with Crippen LogP contribution in [0.25, 0.3) is 10.9 Å². The van der Waals surface area contributed by atoms with Gasteiger partial charge in [-0.25, -0.2) is 0 Å². The first-order valence-corrected chi connectivity index (χ1v) is 12.4. The van der Waals surface area contributed by atoms with Crippen molar-refractivity contribution < 1.29 is 9.90 Å². The average Bonchev–Trinajstić information content (AvgIpc) is 3.61. The second-order valence-corrected chi connectivity index (χ2v) is 10.6. The topological polar surface area (TPSA) is 59.6 Å². The van der Waals surface area contributed by atoms with Gasteiger partial charge in [-0.3, -0.25) is 9.69 Å². The predicted octanol–water partition coefficient (Wildman–Crippen LogP) is 4.32. The molecule has 0 spiro atoms. The number of carbonyl (C=O) groups is 1. The number of aliphatic hydroxyl groups excluding tert-OH is 1. The van der Waals surface area contributed by atoms with E-state index in [1.165, 1.54) is 12.8 Å². The number of aromatic nitrogens is 1. The van der Waals surface area contributed by atoms with Crippen molar-refractivity contribution in [3.63, 3.8) is 0 Å². The fraction of sp³-hybridized carbons (Fsp3) is 0.393. The number of rotatable bonds is 2. The molecule has 0 bridgehead atoms. The summed E-state index contributed by atoms with van der Waals surface area (Å²) in [6.07, 6.45) is 2.66. The summed E-state index contributed by atoms with van der Waals surface area (Å²) in [5, 5.41) is 10.6. The van der Waals surface area contributed by atoms with E-state index in [-0.39, 0.29) is 17.8 Å². The van der Waals surface area contributed by atoms with Gasteiger partial charge in [0, 0.05) is 65.4 Å². The number of H-pyrrole nitrogens is 1. The van der Waals surface area contributed by atoms with E-state index in [1.807, 2.05) is 24.3 Å². The number of hydrogen-bond acceptors (Lipinski definition) is 4. The molecule has 2 N–H and O–H groups in total. The number of benzene rings is 2. The molecule has 1 saturated carbocycles. The Balaban J connectivity index is 1.41. The first-order chi connectivity index (χ1) is 16.4. The summed E-state index contributed by atoms with van der Waals surface area (Å²) in [5.41, 5.74) is 5.68. The Hall–Kier alpha value is -2.78. The number of hydrogen-bond donors (Lipinski definition) is 2. The van der Waals surface area contributed by atoms with E-state index in [4.69, 9.17) is 16.7 Å². The third-order valence-corrected chi connectivity index (χ3v) is 7.99. The Morgan fingerprint density at radius 3 is 2.62 bits per heavy atom. The van der Waals surface area contributed by atoms with Crippen molar-refractivity contribution in [2.24, 2.45) is 0 Å². The van der Waals surface area contributed by atoms with Crippen LogP contribution in [0, 0.1) is 11.8 Å². The van der Waals surface area contributed by atoms with Crippen molar-refractivity contribution in [3.05, 3.63) is 63.3 Å². The molecule has 34 heavy (non-hydrogen) atoms. The van der Waals surface area contributed by atoms with Crippen LogP contribution in [-0.2, 0) is 5.41 Å². The number of aliphatic hydroxyl groups is 1. The third kappa shape index (κ3) is 3.36. The molecule has 3 aliphatic rings. The molecule has 0 radical (unpaired) electrons. The SMILES string of the molecule is CC1(C)c2cc(N3CCN(C4CC4)CC3)c(Cl)cc2C(=O)c2c1[nH]c1cc(C#CCO)ccc21. The summed E-state index contributed by atoms with van der Waals surface area (Å²) in [6, 6.07) is 10.6. The lowest BCUT2D eigenvalue weighted by Gasteiger charge is -2.38. The van der Waals surface area contributed by atoms with Gasteiger partial charge in [0.25, 0.3) is 0 Å². The van der Waals surface area contributed by atoms with E-state index in [0.717, 1.165) is 71.2 Å². The maximum atomic E-state index is 13.7. The van der Waals surface area contributed by atoms with Gasteiger partial charge in [0.2, 0.25) is 0 Å². The molecule has 2 fully saturated rings. The number of halogens is 1. The Kier molecular flexibility index (Phi) is 5.04. The van der Waals surface area contributed by atoms with Crippen molar-refractivity contribution in [2.75, 3.05) is 37.7 Å². The van der Waals surface area contributed by atoms with Crippen molar-refractivity contribution in [1.82, 2.24) is 9.88 Å². The number of carbonyl (C=O) groups excluding carboxylic acids is 1. The quantitative estimate of drug-likeness (QED) is 0.544. The van der Waals surface area contributed by atoms with E-state index in [2.05, 4.69) is 46.5 Å². The molecule has 0 atom stereocenters. The van der Waals surface area contributed by atoms with Crippen molar-refractivity contribution in [3.8, 4) is 11.8 Å². The van der Waals surface area contributed by atoms with Gasteiger partial charge in [-0.2, -0.15) is 0 Å². The smallest absolute Gasteiger partial charge is 0.195 e. The Bertz CT molecular complexity index is 1380. The van der Waals surface area contributed by atoms with Crippen LogP contribution in [0.4, 0.5) is 5.69 Å². The van der Waals surface area contributed by atoms with Gasteiger partial charge in [0.05, 0.1) is 16.3 Å². The molecule has 2 aliphatic carbocycles. The van der Waals surface area contributed by atoms with Gasteiger partial charge in [-0.1, -0.05) is 43.4 Å². The zero-order valence-electron chi connectivity index (χ0n) is 19.5. The van der Waals surface area contributed by atoms with Crippen molar-refractivity contribution in [2.45, 2.75) is 38.1 Å². The lowest BCUT2D eigenvalue weighted by atomic mass is 9.71. The van der Waals surface area contributed by atoms with Crippen LogP contribution in [0.5, 0.6) is 0 Å². The maximum Gasteiger partial charge on any atom is 0.195 e. The largest absolute Gasteiger partial charge is 0.384 e. The minimum atomic E-state index is -0.385. The van der Waals surface area contributed by atoms with Gasteiger partial charge >= 0.3 is 0 Å². The van der Waals surface area contributed by atoms with E-state index < -0.39 is 0 Å². The summed E-state index contributed by atoms with van der Waals surface area (Å²) in [5.74, 6) is 5.65. The fourth-order valence-electron chi connectivity index (χ4n) is 5.67. The summed E-state index contributed by atoms with van der Waals surface area (Å²) < 4.78 is 0. The summed E-state index contributed by atoms with van der Waals surface area (Å²) in [7, 11) is 0. The Morgan fingerprint density at radius 1 is 1.15 bits per heavy atom. The lowest BCUT2D eigenvalue weighted by molar-refractivity contribution is 0.103. The summed E-state index contributed by atoms with van der Waals surface area (Å²) in [4.78, 5) is 22.2. The van der Waals surface area contributed by atoms with E-state index in [0.29, 0.717) is 10.6 Å². The second kappa shape index (κ2) is 7.88. The maximum absolute atomic E-state index is 13.7. The van der Waals surface area contributed by atoms with Crippen molar-refractivity contribution in [1.29, 1.82) is 0 Å². The third-order valence-electron chi connectivity index (χ3n) is 7.69. The minimum absolute atomic E-state index is 0.0109.